The predicted molar refractivity (Wildman–Crippen MR) is 108 cm³/mol. The molecule has 4 rings (SSSR count). The monoisotopic (exact) mass is 380 g/mol. The number of aromatic amines is 1. The normalized spacial score (nSPS) is 18.0. The lowest BCUT2D eigenvalue weighted by atomic mass is 9.99. The van der Waals surface area contributed by atoms with Crippen LogP contribution < -0.4 is 5.56 Å². The van der Waals surface area contributed by atoms with Gasteiger partial charge in [-0.05, 0) is 39.7 Å². The first-order valence-corrected chi connectivity index (χ1v) is 10.2. The van der Waals surface area contributed by atoms with Gasteiger partial charge in [0.15, 0.2) is 5.65 Å². The van der Waals surface area contributed by atoms with Gasteiger partial charge in [0.05, 0.1) is 11.7 Å². The van der Waals surface area contributed by atoms with E-state index in [4.69, 9.17) is 0 Å². The number of aromatic nitrogens is 5. The second-order valence-electron chi connectivity index (χ2n) is 7.77. The van der Waals surface area contributed by atoms with Crippen molar-refractivity contribution in [2.75, 3.05) is 6.54 Å². The third-order valence-corrected chi connectivity index (χ3v) is 5.69. The SMILES string of the molecule is CCCc1ncc(CN2CCCCC2c2cc3nc(C)c(C)c(=O)n3[nH]2)cn1. The second-order valence-corrected chi connectivity index (χ2v) is 7.77. The molecule has 1 N–H and O–H groups in total. The number of nitrogens with one attached hydrogen (secondary N) is 1. The summed E-state index contributed by atoms with van der Waals surface area (Å²) in [6.45, 7) is 7.69. The minimum Gasteiger partial charge on any atom is -0.292 e. The summed E-state index contributed by atoms with van der Waals surface area (Å²) in [6, 6.07) is 2.27. The van der Waals surface area contributed by atoms with Crippen molar-refractivity contribution in [3.8, 4) is 0 Å². The quantitative estimate of drug-likeness (QED) is 0.736. The summed E-state index contributed by atoms with van der Waals surface area (Å²) in [5, 5.41) is 3.31. The first kappa shape index (κ1) is 18.8. The molecule has 28 heavy (non-hydrogen) atoms. The van der Waals surface area contributed by atoms with Crippen LogP contribution >= 0.6 is 0 Å². The molecule has 1 atom stereocenters. The van der Waals surface area contributed by atoms with Crippen molar-refractivity contribution in [3.05, 3.63) is 57.2 Å². The van der Waals surface area contributed by atoms with Gasteiger partial charge >= 0.3 is 0 Å². The summed E-state index contributed by atoms with van der Waals surface area (Å²) in [6.07, 6.45) is 9.31. The fraction of sp³-hybridized carbons (Fsp3) is 0.524. The highest BCUT2D eigenvalue weighted by atomic mass is 16.1. The largest absolute Gasteiger partial charge is 0.292 e. The van der Waals surface area contributed by atoms with E-state index in [-0.39, 0.29) is 11.6 Å². The van der Waals surface area contributed by atoms with Gasteiger partial charge in [0, 0.05) is 48.2 Å². The molecule has 0 aliphatic carbocycles. The number of piperidine rings is 1. The molecule has 1 saturated heterocycles. The first-order chi connectivity index (χ1) is 13.6. The Morgan fingerprint density at radius 3 is 2.75 bits per heavy atom. The van der Waals surface area contributed by atoms with E-state index in [1.165, 1.54) is 12.8 Å². The number of fused-ring (bicyclic) bond motifs is 1. The van der Waals surface area contributed by atoms with Gasteiger partial charge in [-0.2, -0.15) is 0 Å². The highest BCUT2D eigenvalue weighted by Crippen LogP contribution is 2.31. The van der Waals surface area contributed by atoms with E-state index in [0.717, 1.165) is 55.1 Å². The molecular weight excluding hydrogens is 352 g/mol. The van der Waals surface area contributed by atoms with Crippen LogP contribution in [-0.2, 0) is 13.0 Å². The van der Waals surface area contributed by atoms with E-state index in [1.54, 1.807) is 4.52 Å². The molecule has 1 fully saturated rings. The van der Waals surface area contributed by atoms with Crippen LogP contribution in [0.3, 0.4) is 0 Å². The standard InChI is InChI=1S/C21H28N6O/c1-4-7-19-22-11-16(12-23-19)13-26-9-6-5-8-18(26)17-10-20-24-15(3)14(2)21(28)27(20)25-17/h10-12,18,25H,4-9,13H2,1-3H3. The van der Waals surface area contributed by atoms with Gasteiger partial charge in [0.1, 0.15) is 5.82 Å². The highest BCUT2D eigenvalue weighted by Gasteiger charge is 2.26. The summed E-state index contributed by atoms with van der Waals surface area (Å²) < 4.78 is 1.58. The van der Waals surface area contributed by atoms with Gasteiger partial charge in [-0.25, -0.2) is 19.5 Å². The van der Waals surface area contributed by atoms with Crippen molar-refractivity contribution in [3.63, 3.8) is 0 Å². The topological polar surface area (TPSA) is 79.2 Å². The van der Waals surface area contributed by atoms with Gasteiger partial charge < -0.3 is 0 Å². The highest BCUT2D eigenvalue weighted by molar-refractivity contribution is 5.42. The summed E-state index contributed by atoms with van der Waals surface area (Å²) in [4.78, 5) is 28.6. The Hall–Kier alpha value is -2.54. The fourth-order valence-corrected chi connectivity index (χ4v) is 3.99. The molecule has 3 aromatic heterocycles. The third-order valence-electron chi connectivity index (χ3n) is 5.69. The fourth-order valence-electron chi connectivity index (χ4n) is 3.99. The van der Waals surface area contributed by atoms with E-state index in [1.807, 2.05) is 32.3 Å². The van der Waals surface area contributed by atoms with Crippen molar-refractivity contribution in [2.45, 2.75) is 65.5 Å². The summed E-state index contributed by atoms with van der Waals surface area (Å²) in [7, 11) is 0. The zero-order valence-electron chi connectivity index (χ0n) is 16.9. The van der Waals surface area contributed by atoms with Crippen molar-refractivity contribution < 1.29 is 0 Å². The first-order valence-electron chi connectivity index (χ1n) is 10.2. The number of hydrogen-bond donors (Lipinski definition) is 1. The average molecular weight is 380 g/mol. The molecule has 0 aromatic carbocycles. The van der Waals surface area contributed by atoms with Crippen molar-refractivity contribution in [1.82, 2.24) is 29.5 Å². The maximum absolute atomic E-state index is 12.6. The molecule has 1 unspecified atom stereocenters. The van der Waals surface area contributed by atoms with Crippen molar-refractivity contribution in [1.29, 1.82) is 0 Å². The number of nitrogens with zero attached hydrogens (tertiary/aromatic N) is 5. The van der Waals surface area contributed by atoms with Crippen LogP contribution in [0.15, 0.2) is 23.3 Å². The molecular formula is C21H28N6O. The Balaban J connectivity index is 1.61. The van der Waals surface area contributed by atoms with E-state index in [0.29, 0.717) is 11.2 Å². The van der Waals surface area contributed by atoms with Crippen LogP contribution in [-0.4, -0.2) is 36.0 Å². The number of H-pyrrole nitrogens is 1. The lowest BCUT2D eigenvalue weighted by Gasteiger charge is -2.34. The maximum Gasteiger partial charge on any atom is 0.275 e. The second kappa shape index (κ2) is 7.83. The van der Waals surface area contributed by atoms with Crippen LogP contribution in [0.25, 0.3) is 5.65 Å². The summed E-state index contributed by atoms with van der Waals surface area (Å²) in [5.41, 5.74) is 4.34. The third kappa shape index (κ3) is 3.58. The van der Waals surface area contributed by atoms with E-state index in [9.17, 15) is 4.79 Å². The molecule has 4 heterocycles. The Labute approximate surface area is 164 Å². The molecule has 3 aromatic rings. The Morgan fingerprint density at radius 1 is 1.21 bits per heavy atom. The van der Waals surface area contributed by atoms with E-state index < -0.39 is 0 Å². The van der Waals surface area contributed by atoms with Crippen LogP contribution in [0.5, 0.6) is 0 Å². The lowest BCUT2D eigenvalue weighted by molar-refractivity contribution is 0.136. The zero-order chi connectivity index (χ0) is 19.7. The Kier molecular flexibility index (Phi) is 5.26. The molecule has 0 amide bonds. The Morgan fingerprint density at radius 2 is 2.00 bits per heavy atom. The van der Waals surface area contributed by atoms with Gasteiger partial charge in [0.25, 0.3) is 5.56 Å². The number of hydrogen-bond acceptors (Lipinski definition) is 5. The van der Waals surface area contributed by atoms with Crippen LogP contribution in [0, 0.1) is 13.8 Å². The molecule has 7 heteroatoms. The molecule has 1 aliphatic heterocycles. The van der Waals surface area contributed by atoms with Gasteiger partial charge in [0.2, 0.25) is 0 Å². The van der Waals surface area contributed by atoms with E-state index in [2.05, 4.69) is 31.9 Å². The molecule has 0 bridgehead atoms. The predicted octanol–water partition coefficient (Wildman–Crippen LogP) is 3.11. The number of aryl methyl sites for hydroxylation is 2. The average Bonchev–Trinajstić information content (AvgIpc) is 3.12. The van der Waals surface area contributed by atoms with Crippen LogP contribution in [0.2, 0.25) is 0 Å². The van der Waals surface area contributed by atoms with Gasteiger partial charge in [-0.15, -0.1) is 0 Å². The molecule has 148 valence electrons. The minimum atomic E-state index is -0.0176. The van der Waals surface area contributed by atoms with E-state index >= 15 is 0 Å². The number of likely N-dealkylation sites (tertiary alicyclic amines) is 1. The van der Waals surface area contributed by atoms with Gasteiger partial charge in [-0.3, -0.25) is 14.8 Å². The summed E-state index contributed by atoms with van der Waals surface area (Å²) >= 11 is 0. The summed E-state index contributed by atoms with van der Waals surface area (Å²) in [5.74, 6) is 0.910. The Bertz CT molecular complexity index is 1020. The van der Waals surface area contributed by atoms with Gasteiger partial charge in [-0.1, -0.05) is 13.3 Å². The zero-order valence-corrected chi connectivity index (χ0v) is 16.9. The minimum absolute atomic E-state index is 0.0176. The smallest absolute Gasteiger partial charge is 0.275 e. The van der Waals surface area contributed by atoms with Crippen molar-refractivity contribution in [2.24, 2.45) is 0 Å². The van der Waals surface area contributed by atoms with Crippen LogP contribution in [0.1, 0.15) is 67.0 Å². The molecule has 0 spiro atoms. The number of rotatable bonds is 5. The van der Waals surface area contributed by atoms with Crippen molar-refractivity contribution >= 4 is 5.65 Å². The molecule has 7 nitrogen and oxygen atoms in total. The molecule has 1 aliphatic rings. The molecule has 0 radical (unpaired) electrons. The van der Waals surface area contributed by atoms with Crippen LogP contribution in [0.4, 0.5) is 0 Å². The maximum atomic E-state index is 12.6. The molecule has 0 saturated carbocycles. The lowest BCUT2D eigenvalue weighted by Crippen LogP contribution is -2.33.